The first-order chi connectivity index (χ1) is 13.4. The lowest BCUT2D eigenvalue weighted by Crippen LogP contribution is -2.27. The second-order valence-corrected chi connectivity index (χ2v) is 7.95. The van der Waals surface area contributed by atoms with Crippen LogP contribution >= 0.6 is 11.3 Å². The topological polar surface area (TPSA) is 119 Å². The Kier molecular flexibility index (Phi) is 4.66. The molecule has 0 saturated carbocycles. The van der Waals surface area contributed by atoms with Gasteiger partial charge in [0.2, 0.25) is 0 Å². The molecule has 0 fully saturated rings. The van der Waals surface area contributed by atoms with Crippen LogP contribution in [0.25, 0.3) is 21.9 Å². The fraction of sp³-hybridized carbons (Fsp3) is 0.316. The minimum atomic E-state index is -0.988. The van der Waals surface area contributed by atoms with Gasteiger partial charge in [0.25, 0.3) is 0 Å². The number of nitrogen functional groups attached to an aromatic ring is 1. The van der Waals surface area contributed by atoms with E-state index in [-0.39, 0.29) is 19.0 Å². The van der Waals surface area contributed by atoms with E-state index in [1.54, 1.807) is 23.9 Å². The number of pyridine rings is 1. The van der Waals surface area contributed by atoms with Crippen molar-refractivity contribution in [2.24, 2.45) is 0 Å². The maximum atomic E-state index is 10.3. The molecule has 0 radical (unpaired) electrons. The van der Waals surface area contributed by atoms with Crippen LogP contribution in [0.2, 0.25) is 0 Å². The minimum Gasteiger partial charge on any atom is -0.487 e. The Morgan fingerprint density at radius 3 is 2.79 bits per heavy atom. The van der Waals surface area contributed by atoms with Crippen molar-refractivity contribution in [3.63, 3.8) is 0 Å². The maximum Gasteiger partial charge on any atom is 0.152 e. The Hall–Kier alpha value is -2.75. The normalized spacial score (nSPS) is 12.1. The summed E-state index contributed by atoms with van der Waals surface area (Å²) in [7, 11) is 0. The number of aliphatic hydroxyl groups excluding tert-OH is 1. The van der Waals surface area contributed by atoms with Gasteiger partial charge in [0.1, 0.15) is 30.3 Å². The van der Waals surface area contributed by atoms with E-state index >= 15 is 0 Å². The molecule has 146 valence electrons. The van der Waals surface area contributed by atoms with Crippen molar-refractivity contribution in [3.8, 4) is 5.75 Å². The fourth-order valence-electron chi connectivity index (χ4n) is 3.17. The molecule has 0 saturated heterocycles. The zero-order valence-electron chi connectivity index (χ0n) is 15.6. The summed E-state index contributed by atoms with van der Waals surface area (Å²) in [6, 6.07) is 5.56. The number of anilines is 1. The monoisotopic (exact) mass is 399 g/mol. The molecular formula is C19H21N5O3S. The Labute approximate surface area is 165 Å². The molecule has 0 bridgehead atoms. The number of hydrogen-bond donors (Lipinski definition) is 3. The number of aliphatic hydroxyl groups is 2. The predicted octanol–water partition coefficient (Wildman–Crippen LogP) is 2.47. The largest absolute Gasteiger partial charge is 0.487 e. The third-order valence-corrected chi connectivity index (χ3v) is 4.95. The lowest BCUT2D eigenvalue weighted by molar-refractivity contribution is 0.0607. The first-order valence-electron chi connectivity index (χ1n) is 8.77. The zero-order chi connectivity index (χ0) is 19.9. The van der Waals surface area contributed by atoms with Crippen molar-refractivity contribution >= 4 is 39.1 Å². The highest BCUT2D eigenvalue weighted by atomic mass is 32.1. The van der Waals surface area contributed by atoms with Crippen LogP contribution in [0, 0.1) is 0 Å². The van der Waals surface area contributed by atoms with E-state index in [0.29, 0.717) is 29.2 Å². The smallest absolute Gasteiger partial charge is 0.152 e. The van der Waals surface area contributed by atoms with Gasteiger partial charge in [-0.25, -0.2) is 15.0 Å². The van der Waals surface area contributed by atoms with Crippen molar-refractivity contribution in [2.75, 3.05) is 5.73 Å². The first kappa shape index (κ1) is 18.6. The van der Waals surface area contributed by atoms with Gasteiger partial charge in [-0.3, -0.25) is 0 Å². The van der Waals surface area contributed by atoms with E-state index in [1.807, 2.05) is 23.6 Å². The molecule has 0 aliphatic carbocycles. The second-order valence-electron chi connectivity index (χ2n) is 7.23. The molecule has 0 amide bonds. The Morgan fingerprint density at radius 2 is 2.11 bits per heavy atom. The summed E-state index contributed by atoms with van der Waals surface area (Å²) in [4.78, 5) is 13.1. The number of fused-ring (bicyclic) bond motifs is 3. The number of benzene rings is 1. The van der Waals surface area contributed by atoms with Crippen LogP contribution in [0.4, 0.5) is 5.82 Å². The van der Waals surface area contributed by atoms with Gasteiger partial charge in [0.15, 0.2) is 5.82 Å². The molecule has 9 heteroatoms. The van der Waals surface area contributed by atoms with Crippen molar-refractivity contribution < 1.29 is 14.9 Å². The SMILES string of the molecule is CC(C)(O)Cn1c(CO)nc2c(N)nc3cc(OCc4cscn4)ccc3c21. The number of aromatic nitrogens is 4. The van der Waals surface area contributed by atoms with Gasteiger partial charge in [-0.05, 0) is 26.0 Å². The molecule has 4 aromatic rings. The van der Waals surface area contributed by atoms with Crippen molar-refractivity contribution in [3.05, 3.63) is 40.6 Å². The molecule has 3 heterocycles. The van der Waals surface area contributed by atoms with E-state index in [0.717, 1.165) is 16.6 Å². The van der Waals surface area contributed by atoms with Gasteiger partial charge >= 0.3 is 0 Å². The highest BCUT2D eigenvalue weighted by Crippen LogP contribution is 2.32. The molecule has 4 rings (SSSR count). The van der Waals surface area contributed by atoms with Gasteiger partial charge in [0, 0.05) is 16.8 Å². The lowest BCUT2D eigenvalue weighted by atomic mass is 10.1. The molecule has 0 aliphatic rings. The summed E-state index contributed by atoms with van der Waals surface area (Å²) in [5.41, 5.74) is 9.69. The predicted molar refractivity (Wildman–Crippen MR) is 108 cm³/mol. The van der Waals surface area contributed by atoms with Gasteiger partial charge in [-0.2, -0.15) is 0 Å². The molecule has 8 nitrogen and oxygen atoms in total. The third-order valence-electron chi connectivity index (χ3n) is 4.31. The van der Waals surface area contributed by atoms with Crippen LogP contribution in [-0.2, 0) is 19.8 Å². The summed E-state index contributed by atoms with van der Waals surface area (Å²) in [6.07, 6.45) is 0. The van der Waals surface area contributed by atoms with Gasteiger partial charge in [0.05, 0.1) is 34.4 Å². The molecule has 1 aromatic carbocycles. The Bertz CT molecular complexity index is 1130. The zero-order valence-corrected chi connectivity index (χ0v) is 16.4. The maximum absolute atomic E-state index is 10.3. The molecule has 0 spiro atoms. The van der Waals surface area contributed by atoms with E-state index in [9.17, 15) is 10.2 Å². The molecular weight excluding hydrogens is 378 g/mol. The van der Waals surface area contributed by atoms with Crippen LogP contribution in [0.1, 0.15) is 25.4 Å². The summed E-state index contributed by atoms with van der Waals surface area (Å²) in [5, 5.41) is 22.8. The van der Waals surface area contributed by atoms with E-state index in [2.05, 4.69) is 15.0 Å². The Balaban J connectivity index is 1.82. The van der Waals surface area contributed by atoms with Crippen LogP contribution in [0.3, 0.4) is 0 Å². The summed E-state index contributed by atoms with van der Waals surface area (Å²) >= 11 is 1.52. The quantitative estimate of drug-likeness (QED) is 0.455. The highest BCUT2D eigenvalue weighted by molar-refractivity contribution is 7.07. The third kappa shape index (κ3) is 3.51. The number of ether oxygens (including phenoxy) is 1. The fourth-order valence-corrected chi connectivity index (χ4v) is 3.71. The molecule has 4 N–H and O–H groups in total. The highest BCUT2D eigenvalue weighted by Gasteiger charge is 2.22. The first-order valence-corrected chi connectivity index (χ1v) is 9.71. The van der Waals surface area contributed by atoms with E-state index in [4.69, 9.17) is 10.5 Å². The summed E-state index contributed by atoms with van der Waals surface area (Å²) in [5.74, 6) is 1.35. The number of imidazole rings is 1. The van der Waals surface area contributed by atoms with Crippen LogP contribution in [0.15, 0.2) is 29.1 Å². The molecule has 3 aromatic heterocycles. The van der Waals surface area contributed by atoms with Gasteiger partial charge in [-0.15, -0.1) is 11.3 Å². The van der Waals surface area contributed by atoms with E-state index < -0.39 is 5.60 Å². The Morgan fingerprint density at radius 1 is 1.29 bits per heavy atom. The standard InChI is InChI=1S/C19H21N5O3S/c1-19(2,26)9-24-15(6-25)23-16-17(24)13-4-3-12(5-14(13)22-18(16)20)27-7-11-8-28-10-21-11/h3-5,8,10,25-26H,6-7,9H2,1-2H3,(H2,20,22). The van der Waals surface area contributed by atoms with Crippen molar-refractivity contribution in [1.82, 2.24) is 19.5 Å². The van der Waals surface area contributed by atoms with Gasteiger partial charge in [-0.1, -0.05) is 0 Å². The summed E-state index contributed by atoms with van der Waals surface area (Å²) < 4.78 is 7.61. The number of thiazole rings is 1. The molecule has 28 heavy (non-hydrogen) atoms. The molecule has 0 atom stereocenters. The van der Waals surface area contributed by atoms with Crippen molar-refractivity contribution in [2.45, 2.75) is 39.2 Å². The van der Waals surface area contributed by atoms with Crippen LogP contribution in [0.5, 0.6) is 5.75 Å². The average molecular weight is 399 g/mol. The van der Waals surface area contributed by atoms with Crippen LogP contribution in [-0.4, -0.2) is 35.3 Å². The number of rotatable bonds is 6. The second kappa shape index (κ2) is 7.01. The lowest BCUT2D eigenvalue weighted by Gasteiger charge is -2.20. The van der Waals surface area contributed by atoms with Crippen LogP contribution < -0.4 is 10.5 Å². The van der Waals surface area contributed by atoms with Crippen molar-refractivity contribution in [1.29, 1.82) is 0 Å². The average Bonchev–Trinajstić information content (AvgIpc) is 3.27. The number of nitrogens with zero attached hydrogens (tertiary/aromatic N) is 4. The van der Waals surface area contributed by atoms with E-state index in [1.165, 1.54) is 11.3 Å². The molecule has 0 aliphatic heterocycles. The van der Waals surface area contributed by atoms with Gasteiger partial charge < -0.3 is 25.3 Å². The number of nitrogens with two attached hydrogens (primary N) is 1. The minimum absolute atomic E-state index is 0.263. The molecule has 0 unspecified atom stereocenters. The number of hydrogen-bond acceptors (Lipinski definition) is 8. The summed E-state index contributed by atoms with van der Waals surface area (Å²) in [6.45, 7) is 3.78.